The summed E-state index contributed by atoms with van der Waals surface area (Å²) in [5, 5.41) is 12.4. The standard InChI is InChI=1S/C13H17N3O/c1-17-13-7-10(8-14)12(15)6-9(13)5-11-3-2-4-16-11/h6-7,11,16H,2-5,15H2,1H3/t11-/m0/s1. The van der Waals surface area contributed by atoms with E-state index in [2.05, 4.69) is 11.4 Å². The SMILES string of the molecule is COc1cc(C#N)c(N)cc1C[C@@H]1CCCN1. The Kier molecular flexibility index (Phi) is 3.50. The number of nitrogens with zero attached hydrogens (tertiary/aromatic N) is 1. The van der Waals surface area contributed by atoms with Crippen LogP contribution in [0, 0.1) is 11.3 Å². The molecule has 0 aliphatic carbocycles. The van der Waals surface area contributed by atoms with E-state index in [0.29, 0.717) is 17.3 Å². The smallest absolute Gasteiger partial charge is 0.123 e. The van der Waals surface area contributed by atoms with Gasteiger partial charge in [-0.25, -0.2) is 0 Å². The summed E-state index contributed by atoms with van der Waals surface area (Å²) in [5.74, 6) is 0.754. The third kappa shape index (κ3) is 2.51. The fourth-order valence-corrected chi connectivity index (χ4v) is 2.29. The van der Waals surface area contributed by atoms with Gasteiger partial charge in [0.25, 0.3) is 0 Å². The quantitative estimate of drug-likeness (QED) is 0.772. The lowest BCUT2D eigenvalue weighted by molar-refractivity contribution is 0.407. The number of anilines is 1. The third-order valence-electron chi connectivity index (χ3n) is 3.20. The zero-order chi connectivity index (χ0) is 12.3. The van der Waals surface area contributed by atoms with Crippen molar-refractivity contribution in [1.82, 2.24) is 5.32 Å². The predicted molar refractivity (Wildman–Crippen MR) is 66.9 cm³/mol. The highest BCUT2D eigenvalue weighted by Gasteiger charge is 2.17. The first kappa shape index (κ1) is 11.7. The van der Waals surface area contributed by atoms with E-state index in [1.807, 2.05) is 6.07 Å². The Morgan fingerprint density at radius 1 is 1.59 bits per heavy atom. The van der Waals surface area contributed by atoms with Gasteiger partial charge in [-0.2, -0.15) is 5.26 Å². The van der Waals surface area contributed by atoms with E-state index in [4.69, 9.17) is 15.7 Å². The number of benzene rings is 1. The molecule has 0 bridgehead atoms. The van der Waals surface area contributed by atoms with E-state index >= 15 is 0 Å². The maximum atomic E-state index is 8.92. The summed E-state index contributed by atoms with van der Waals surface area (Å²) in [6, 6.07) is 6.15. The number of nitrogen functional groups attached to an aromatic ring is 1. The molecule has 1 aliphatic rings. The molecule has 1 atom stereocenters. The first-order valence-electron chi connectivity index (χ1n) is 5.84. The Labute approximate surface area is 101 Å². The minimum absolute atomic E-state index is 0.477. The first-order valence-corrected chi connectivity index (χ1v) is 5.84. The van der Waals surface area contributed by atoms with Gasteiger partial charge in [-0.3, -0.25) is 0 Å². The van der Waals surface area contributed by atoms with Crippen LogP contribution in [-0.2, 0) is 6.42 Å². The fraction of sp³-hybridized carbons (Fsp3) is 0.462. The monoisotopic (exact) mass is 231 g/mol. The van der Waals surface area contributed by atoms with Gasteiger partial charge in [-0.15, -0.1) is 0 Å². The molecule has 1 aromatic carbocycles. The van der Waals surface area contributed by atoms with Crippen LogP contribution in [0.1, 0.15) is 24.0 Å². The van der Waals surface area contributed by atoms with Crippen LogP contribution in [0.5, 0.6) is 5.75 Å². The Balaban J connectivity index is 2.26. The van der Waals surface area contributed by atoms with Gasteiger partial charge < -0.3 is 15.8 Å². The van der Waals surface area contributed by atoms with Crippen molar-refractivity contribution in [3.8, 4) is 11.8 Å². The number of nitrogens with two attached hydrogens (primary N) is 1. The van der Waals surface area contributed by atoms with E-state index in [1.165, 1.54) is 12.8 Å². The van der Waals surface area contributed by atoms with Crippen molar-refractivity contribution in [2.45, 2.75) is 25.3 Å². The molecule has 0 spiro atoms. The average Bonchev–Trinajstić information content (AvgIpc) is 2.82. The summed E-state index contributed by atoms with van der Waals surface area (Å²) in [7, 11) is 1.62. The Bertz CT molecular complexity index is 445. The molecule has 0 saturated carbocycles. The van der Waals surface area contributed by atoms with Crippen LogP contribution >= 0.6 is 0 Å². The van der Waals surface area contributed by atoms with Gasteiger partial charge in [0.2, 0.25) is 0 Å². The second kappa shape index (κ2) is 5.07. The molecule has 2 rings (SSSR count). The van der Waals surface area contributed by atoms with Crippen molar-refractivity contribution in [2.75, 3.05) is 19.4 Å². The number of methoxy groups -OCH3 is 1. The third-order valence-corrected chi connectivity index (χ3v) is 3.20. The highest BCUT2D eigenvalue weighted by atomic mass is 16.5. The van der Waals surface area contributed by atoms with Crippen LogP contribution in [-0.4, -0.2) is 19.7 Å². The molecule has 0 aromatic heterocycles. The molecule has 1 fully saturated rings. The molecule has 17 heavy (non-hydrogen) atoms. The predicted octanol–water partition coefficient (Wildman–Crippen LogP) is 1.44. The Morgan fingerprint density at radius 2 is 2.41 bits per heavy atom. The molecule has 1 saturated heterocycles. The van der Waals surface area contributed by atoms with Gasteiger partial charge in [0.15, 0.2) is 0 Å². The van der Waals surface area contributed by atoms with Crippen molar-refractivity contribution < 1.29 is 4.74 Å². The minimum atomic E-state index is 0.477. The number of nitriles is 1. The molecule has 90 valence electrons. The summed E-state index contributed by atoms with van der Waals surface area (Å²) >= 11 is 0. The molecule has 4 heteroatoms. The number of nitrogens with one attached hydrogen (secondary N) is 1. The molecule has 1 aliphatic heterocycles. The summed E-state index contributed by atoms with van der Waals surface area (Å²) < 4.78 is 5.32. The molecule has 0 amide bonds. The minimum Gasteiger partial charge on any atom is -0.496 e. The maximum Gasteiger partial charge on any atom is 0.123 e. The van der Waals surface area contributed by atoms with Crippen molar-refractivity contribution in [2.24, 2.45) is 0 Å². The lowest BCUT2D eigenvalue weighted by atomic mass is 10.0. The van der Waals surface area contributed by atoms with E-state index in [-0.39, 0.29) is 0 Å². The Morgan fingerprint density at radius 3 is 3.00 bits per heavy atom. The fourth-order valence-electron chi connectivity index (χ4n) is 2.29. The average molecular weight is 231 g/mol. The van der Waals surface area contributed by atoms with E-state index in [0.717, 1.165) is 24.3 Å². The van der Waals surface area contributed by atoms with Gasteiger partial charge in [-0.05, 0) is 37.4 Å². The van der Waals surface area contributed by atoms with Gasteiger partial charge in [0, 0.05) is 17.8 Å². The first-order chi connectivity index (χ1) is 8.24. The molecule has 0 radical (unpaired) electrons. The van der Waals surface area contributed by atoms with Crippen LogP contribution in [0.2, 0.25) is 0 Å². The molecule has 1 aromatic rings. The van der Waals surface area contributed by atoms with E-state index < -0.39 is 0 Å². The number of ether oxygens (including phenoxy) is 1. The van der Waals surface area contributed by atoms with Crippen LogP contribution in [0.25, 0.3) is 0 Å². The number of hydrogen-bond acceptors (Lipinski definition) is 4. The zero-order valence-corrected chi connectivity index (χ0v) is 9.99. The normalized spacial score (nSPS) is 18.9. The van der Waals surface area contributed by atoms with Crippen molar-refractivity contribution >= 4 is 5.69 Å². The van der Waals surface area contributed by atoms with Crippen LogP contribution < -0.4 is 15.8 Å². The largest absolute Gasteiger partial charge is 0.496 e. The Hall–Kier alpha value is -1.73. The van der Waals surface area contributed by atoms with Gasteiger partial charge in [-0.1, -0.05) is 0 Å². The number of hydrogen-bond donors (Lipinski definition) is 2. The van der Waals surface area contributed by atoms with Gasteiger partial charge in [0.1, 0.15) is 11.8 Å². The summed E-state index contributed by atoms with van der Waals surface area (Å²) in [6.45, 7) is 1.08. The summed E-state index contributed by atoms with van der Waals surface area (Å²) in [6.07, 6.45) is 3.31. The second-order valence-corrected chi connectivity index (χ2v) is 4.36. The topological polar surface area (TPSA) is 71.1 Å². The highest BCUT2D eigenvalue weighted by Crippen LogP contribution is 2.27. The van der Waals surface area contributed by atoms with Crippen LogP contribution in [0.4, 0.5) is 5.69 Å². The number of rotatable bonds is 3. The van der Waals surface area contributed by atoms with Crippen molar-refractivity contribution in [3.63, 3.8) is 0 Å². The highest BCUT2D eigenvalue weighted by molar-refractivity contribution is 5.60. The van der Waals surface area contributed by atoms with Crippen LogP contribution in [0.15, 0.2) is 12.1 Å². The van der Waals surface area contributed by atoms with E-state index in [9.17, 15) is 0 Å². The molecule has 3 N–H and O–H groups in total. The molecular weight excluding hydrogens is 214 g/mol. The second-order valence-electron chi connectivity index (χ2n) is 4.36. The summed E-state index contributed by atoms with van der Waals surface area (Å²) in [4.78, 5) is 0. The molecule has 4 nitrogen and oxygen atoms in total. The summed E-state index contributed by atoms with van der Waals surface area (Å²) in [5.41, 5.74) is 7.91. The molecule has 0 unspecified atom stereocenters. The van der Waals surface area contributed by atoms with Crippen LogP contribution in [0.3, 0.4) is 0 Å². The maximum absolute atomic E-state index is 8.92. The lowest BCUT2D eigenvalue weighted by Gasteiger charge is -2.14. The zero-order valence-electron chi connectivity index (χ0n) is 9.99. The van der Waals surface area contributed by atoms with Crippen molar-refractivity contribution in [1.29, 1.82) is 5.26 Å². The van der Waals surface area contributed by atoms with Crippen molar-refractivity contribution in [3.05, 3.63) is 23.3 Å². The lowest BCUT2D eigenvalue weighted by Crippen LogP contribution is -2.23. The molecule has 1 heterocycles. The molecular formula is C13H17N3O. The van der Waals surface area contributed by atoms with Gasteiger partial charge in [0.05, 0.1) is 12.7 Å². The van der Waals surface area contributed by atoms with E-state index in [1.54, 1.807) is 13.2 Å². The van der Waals surface area contributed by atoms with Gasteiger partial charge >= 0.3 is 0 Å².